The van der Waals surface area contributed by atoms with Gasteiger partial charge in [-0.15, -0.1) is 0 Å². The Morgan fingerprint density at radius 2 is 1.59 bits per heavy atom. The third-order valence-electron chi connectivity index (χ3n) is 4.64. The predicted octanol–water partition coefficient (Wildman–Crippen LogP) is 2.43. The number of nitrogens with two attached hydrogens (primary N) is 1. The van der Waals surface area contributed by atoms with Gasteiger partial charge in [-0.2, -0.15) is 0 Å². The minimum atomic E-state index is -0.462. The monoisotopic (exact) mass is 387 g/mol. The molecule has 0 unspecified atom stereocenters. The van der Waals surface area contributed by atoms with Crippen LogP contribution in [0.1, 0.15) is 15.9 Å². The summed E-state index contributed by atoms with van der Waals surface area (Å²) >= 11 is 0. The molecule has 0 saturated carbocycles. The third-order valence-corrected chi connectivity index (χ3v) is 4.64. The van der Waals surface area contributed by atoms with Crippen molar-refractivity contribution >= 4 is 45.8 Å². The fourth-order valence-electron chi connectivity index (χ4n) is 3.13. The van der Waals surface area contributed by atoms with E-state index >= 15 is 0 Å². The number of amidine groups is 1. The molecule has 0 spiro atoms. The zero-order chi connectivity index (χ0) is 20.5. The van der Waals surface area contributed by atoms with E-state index in [0.29, 0.717) is 22.5 Å². The molecule has 1 aliphatic rings. The minimum Gasteiger partial charge on any atom is -0.384 e. The molecular formula is C21H17N5O3. The Kier molecular flexibility index (Phi) is 4.44. The SMILES string of the molecule is N=C(N)c1ccc2cc(C(=O)Nc3ccc(N4CC(=O)NC4=O)cc3)ccc2c1. The quantitative estimate of drug-likeness (QED) is 0.311. The number of rotatable bonds is 4. The average molecular weight is 387 g/mol. The van der Waals surface area contributed by atoms with E-state index in [4.69, 9.17) is 11.1 Å². The third kappa shape index (κ3) is 3.63. The van der Waals surface area contributed by atoms with Crippen molar-refractivity contribution in [3.05, 3.63) is 71.8 Å². The van der Waals surface area contributed by atoms with Crippen LogP contribution in [-0.2, 0) is 4.79 Å². The van der Waals surface area contributed by atoms with Gasteiger partial charge in [0.25, 0.3) is 5.91 Å². The normalized spacial score (nSPS) is 13.4. The number of anilines is 2. The summed E-state index contributed by atoms with van der Waals surface area (Å²) < 4.78 is 0. The van der Waals surface area contributed by atoms with Gasteiger partial charge in [0.1, 0.15) is 12.4 Å². The van der Waals surface area contributed by atoms with Crippen LogP contribution in [0.4, 0.5) is 16.2 Å². The van der Waals surface area contributed by atoms with Gasteiger partial charge in [0.15, 0.2) is 0 Å². The highest BCUT2D eigenvalue weighted by atomic mass is 16.2. The summed E-state index contributed by atoms with van der Waals surface area (Å²) in [5.74, 6) is -0.628. The Morgan fingerprint density at radius 3 is 2.17 bits per heavy atom. The zero-order valence-electron chi connectivity index (χ0n) is 15.2. The molecule has 4 rings (SSSR count). The number of amides is 4. The van der Waals surface area contributed by atoms with Gasteiger partial charge >= 0.3 is 6.03 Å². The van der Waals surface area contributed by atoms with Crippen LogP contribution in [-0.4, -0.2) is 30.2 Å². The van der Waals surface area contributed by atoms with E-state index in [1.54, 1.807) is 48.5 Å². The lowest BCUT2D eigenvalue weighted by atomic mass is 10.0. The molecule has 1 fully saturated rings. The van der Waals surface area contributed by atoms with Crippen molar-refractivity contribution in [1.29, 1.82) is 5.41 Å². The summed E-state index contributed by atoms with van der Waals surface area (Å²) in [5.41, 5.74) is 7.76. The van der Waals surface area contributed by atoms with Crippen LogP contribution in [0.3, 0.4) is 0 Å². The van der Waals surface area contributed by atoms with Gasteiger partial charge in [-0.25, -0.2) is 4.79 Å². The Hall–Kier alpha value is -4.20. The van der Waals surface area contributed by atoms with Crippen LogP contribution in [0.2, 0.25) is 0 Å². The van der Waals surface area contributed by atoms with Crippen molar-refractivity contribution in [3.63, 3.8) is 0 Å². The summed E-state index contributed by atoms with van der Waals surface area (Å²) in [6.45, 7) is -0.0209. The van der Waals surface area contributed by atoms with Crippen LogP contribution in [0.5, 0.6) is 0 Å². The van der Waals surface area contributed by atoms with Crippen LogP contribution in [0, 0.1) is 5.41 Å². The number of hydrogen-bond acceptors (Lipinski definition) is 4. The van der Waals surface area contributed by atoms with Gasteiger partial charge in [0.05, 0.1) is 0 Å². The molecule has 1 saturated heterocycles. The molecule has 29 heavy (non-hydrogen) atoms. The van der Waals surface area contributed by atoms with Crippen LogP contribution in [0.25, 0.3) is 10.8 Å². The maximum Gasteiger partial charge on any atom is 0.329 e. The van der Waals surface area contributed by atoms with Crippen molar-refractivity contribution < 1.29 is 14.4 Å². The van der Waals surface area contributed by atoms with Gasteiger partial charge in [0.2, 0.25) is 5.91 Å². The van der Waals surface area contributed by atoms with Gasteiger partial charge in [0, 0.05) is 22.5 Å². The lowest BCUT2D eigenvalue weighted by Crippen LogP contribution is -2.27. The first-order chi connectivity index (χ1) is 13.9. The Bertz CT molecular complexity index is 1170. The van der Waals surface area contributed by atoms with Crippen LogP contribution in [0.15, 0.2) is 60.7 Å². The molecule has 8 nitrogen and oxygen atoms in total. The molecule has 0 aromatic heterocycles. The van der Waals surface area contributed by atoms with Gasteiger partial charge in [-0.1, -0.05) is 18.2 Å². The largest absolute Gasteiger partial charge is 0.384 e. The van der Waals surface area contributed by atoms with Crippen molar-refractivity contribution in [2.45, 2.75) is 0 Å². The second-order valence-corrected chi connectivity index (χ2v) is 6.63. The maximum absolute atomic E-state index is 12.6. The topological polar surface area (TPSA) is 128 Å². The van der Waals surface area contributed by atoms with Crippen molar-refractivity contribution in [1.82, 2.24) is 5.32 Å². The number of fused-ring (bicyclic) bond motifs is 1. The van der Waals surface area contributed by atoms with Crippen molar-refractivity contribution in [2.75, 3.05) is 16.8 Å². The molecule has 0 radical (unpaired) electrons. The molecule has 3 aromatic rings. The summed E-state index contributed by atoms with van der Waals surface area (Å²) in [4.78, 5) is 36.9. The molecule has 0 bridgehead atoms. The van der Waals surface area contributed by atoms with E-state index < -0.39 is 6.03 Å². The number of benzene rings is 3. The average Bonchev–Trinajstić information content (AvgIpc) is 3.05. The number of nitrogens with one attached hydrogen (secondary N) is 3. The molecule has 4 amide bonds. The highest BCUT2D eigenvalue weighted by Crippen LogP contribution is 2.22. The number of carbonyl (C=O) groups is 3. The van der Waals surface area contributed by atoms with Gasteiger partial charge in [-0.05, 0) is 53.2 Å². The number of nitrogens with zero attached hydrogens (tertiary/aromatic N) is 1. The second-order valence-electron chi connectivity index (χ2n) is 6.63. The molecule has 1 heterocycles. The van der Waals surface area contributed by atoms with E-state index in [1.165, 1.54) is 4.90 Å². The lowest BCUT2D eigenvalue weighted by Gasteiger charge is -2.14. The number of nitrogen functional groups attached to an aromatic ring is 1. The van der Waals surface area contributed by atoms with E-state index in [9.17, 15) is 14.4 Å². The number of urea groups is 1. The number of hydrogen-bond donors (Lipinski definition) is 4. The molecule has 1 aliphatic heterocycles. The maximum atomic E-state index is 12.6. The molecule has 0 atom stereocenters. The molecule has 3 aromatic carbocycles. The highest BCUT2D eigenvalue weighted by Gasteiger charge is 2.27. The van der Waals surface area contributed by atoms with Crippen molar-refractivity contribution in [3.8, 4) is 0 Å². The van der Waals surface area contributed by atoms with Crippen LogP contribution >= 0.6 is 0 Å². The van der Waals surface area contributed by atoms with E-state index in [0.717, 1.165) is 10.8 Å². The standard InChI is InChI=1S/C21H17N5O3/c22-19(23)14-3-1-13-10-15(4-2-12(13)9-14)20(28)24-16-5-7-17(8-6-16)26-11-18(27)25-21(26)29/h1-10H,11H2,(H3,22,23)(H,24,28)(H,25,27,29). The summed E-state index contributed by atoms with van der Waals surface area (Å²) in [7, 11) is 0. The Morgan fingerprint density at radius 1 is 0.966 bits per heavy atom. The molecule has 0 aliphatic carbocycles. The summed E-state index contributed by atoms with van der Waals surface area (Å²) in [6, 6.07) is 16.8. The van der Waals surface area contributed by atoms with E-state index in [-0.39, 0.29) is 24.2 Å². The number of carbonyl (C=O) groups excluding carboxylic acids is 3. The summed E-state index contributed by atoms with van der Waals surface area (Å²) in [5, 5.41) is 14.3. The first-order valence-corrected chi connectivity index (χ1v) is 8.82. The first-order valence-electron chi connectivity index (χ1n) is 8.82. The fraction of sp³-hybridized carbons (Fsp3) is 0.0476. The number of imide groups is 1. The molecule has 8 heteroatoms. The van der Waals surface area contributed by atoms with Gasteiger partial charge in [-0.3, -0.25) is 25.2 Å². The van der Waals surface area contributed by atoms with Crippen LogP contribution < -0.4 is 21.3 Å². The summed E-state index contributed by atoms with van der Waals surface area (Å²) in [6.07, 6.45) is 0. The molecule has 5 N–H and O–H groups in total. The Labute approximate surface area is 165 Å². The fourth-order valence-corrected chi connectivity index (χ4v) is 3.13. The van der Waals surface area contributed by atoms with Gasteiger partial charge < -0.3 is 11.1 Å². The van der Waals surface area contributed by atoms with Crippen molar-refractivity contribution in [2.24, 2.45) is 5.73 Å². The predicted molar refractivity (Wildman–Crippen MR) is 110 cm³/mol. The smallest absolute Gasteiger partial charge is 0.329 e. The lowest BCUT2D eigenvalue weighted by molar-refractivity contribution is -0.117. The highest BCUT2D eigenvalue weighted by molar-refractivity contribution is 6.12. The molecule has 144 valence electrons. The van der Waals surface area contributed by atoms with E-state index in [2.05, 4.69) is 10.6 Å². The first kappa shape index (κ1) is 18.2. The zero-order valence-corrected chi connectivity index (χ0v) is 15.2. The Balaban J connectivity index is 1.50. The molecular weight excluding hydrogens is 370 g/mol. The van der Waals surface area contributed by atoms with E-state index in [1.807, 2.05) is 12.1 Å². The minimum absolute atomic E-state index is 0.00653. The second kappa shape index (κ2) is 7.08.